The Kier molecular flexibility index (Phi) is 6.51. The third kappa shape index (κ3) is 5.39. The summed E-state index contributed by atoms with van der Waals surface area (Å²) in [6.07, 6.45) is 3.74. The molecular weight excluding hydrogens is 396 g/mol. The van der Waals surface area contributed by atoms with Crippen molar-refractivity contribution in [2.45, 2.75) is 13.8 Å². The molecule has 1 N–H and O–H groups in total. The highest BCUT2D eigenvalue weighted by molar-refractivity contribution is 6.11. The van der Waals surface area contributed by atoms with E-state index in [2.05, 4.69) is 16.6 Å². The normalized spacial score (nSPS) is 11.5. The van der Waals surface area contributed by atoms with Crippen LogP contribution in [0.4, 0.5) is 17.1 Å². The summed E-state index contributed by atoms with van der Waals surface area (Å²) in [5.74, 6) is 0. The monoisotopic (exact) mass is 416 g/mol. The first-order chi connectivity index (χ1) is 14.8. The summed E-state index contributed by atoms with van der Waals surface area (Å²) in [5.41, 5.74) is 6.62. The molecule has 0 aliphatic heterocycles. The molecule has 0 aromatic heterocycles. The smallest absolute Gasteiger partial charge is 0.271 e. The van der Waals surface area contributed by atoms with Crippen molar-refractivity contribution >= 4 is 28.8 Å². The van der Waals surface area contributed by atoms with Crippen LogP contribution >= 0.6 is 0 Å². The van der Waals surface area contributed by atoms with Gasteiger partial charge < -0.3 is 0 Å². The molecule has 0 unspecified atom stereocenters. The number of rotatable bonds is 7. The molecule has 0 aliphatic carbocycles. The fourth-order valence-corrected chi connectivity index (χ4v) is 2.99. The van der Waals surface area contributed by atoms with Crippen molar-refractivity contribution in [3.05, 3.63) is 115 Å². The molecular formula is C23H20N4O4. The van der Waals surface area contributed by atoms with Gasteiger partial charge in [0, 0.05) is 11.6 Å². The van der Waals surface area contributed by atoms with E-state index in [-0.39, 0.29) is 11.4 Å². The van der Waals surface area contributed by atoms with E-state index in [0.29, 0.717) is 5.71 Å². The van der Waals surface area contributed by atoms with Gasteiger partial charge in [-0.3, -0.25) is 25.7 Å². The lowest BCUT2D eigenvalue weighted by Crippen LogP contribution is -2.03. The van der Waals surface area contributed by atoms with Gasteiger partial charge in [0.05, 0.1) is 21.6 Å². The Hall–Kier alpha value is -4.33. The first-order valence-corrected chi connectivity index (χ1v) is 9.42. The quantitative estimate of drug-likeness (QED) is 0.304. The second-order valence-electron chi connectivity index (χ2n) is 6.88. The largest absolute Gasteiger partial charge is 0.301 e. The van der Waals surface area contributed by atoms with Crippen LogP contribution in [0.1, 0.15) is 22.3 Å². The summed E-state index contributed by atoms with van der Waals surface area (Å²) < 4.78 is 0. The van der Waals surface area contributed by atoms with Gasteiger partial charge in [-0.1, -0.05) is 60.2 Å². The molecule has 0 fully saturated rings. The number of aryl methyl sites for hydroxylation is 2. The van der Waals surface area contributed by atoms with Crippen molar-refractivity contribution in [3.63, 3.8) is 0 Å². The summed E-state index contributed by atoms with van der Waals surface area (Å²) in [4.78, 5) is 20.9. The van der Waals surface area contributed by atoms with Crippen LogP contribution in [0, 0.1) is 34.1 Å². The molecule has 0 heterocycles. The Morgan fingerprint density at radius 1 is 0.935 bits per heavy atom. The topological polar surface area (TPSA) is 111 Å². The van der Waals surface area contributed by atoms with Crippen LogP contribution in [-0.4, -0.2) is 15.6 Å². The van der Waals surface area contributed by atoms with Crippen molar-refractivity contribution in [1.82, 2.24) is 0 Å². The van der Waals surface area contributed by atoms with Gasteiger partial charge >= 0.3 is 5.69 Å². The summed E-state index contributed by atoms with van der Waals surface area (Å²) in [7, 11) is 0. The summed E-state index contributed by atoms with van der Waals surface area (Å²) in [6.45, 7) is 4.04. The standard InChI is InChI=1S/C23H20N4O4/c1-16-8-9-18(17(2)14-16)10-12-21(19-6-4-3-5-7-19)24-25-22-13-11-20(26(28)29)15-23(22)27(30)31/h3-15,25H,1-2H3/b12-10+,24-21-. The predicted molar refractivity (Wildman–Crippen MR) is 121 cm³/mol. The molecule has 0 atom stereocenters. The zero-order valence-electron chi connectivity index (χ0n) is 17.0. The SMILES string of the molecule is Cc1ccc(/C=C/C(=N/Nc2ccc([N+](=O)[O-])cc2[N+](=O)[O-])c2ccccc2)c(C)c1. The molecule has 0 radical (unpaired) electrons. The fraction of sp³-hybridized carbons (Fsp3) is 0.0870. The van der Waals surface area contributed by atoms with Gasteiger partial charge in [-0.25, -0.2) is 0 Å². The molecule has 0 aliphatic rings. The van der Waals surface area contributed by atoms with Crippen LogP contribution in [-0.2, 0) is 0 Å². The Labute approximate surface area is 178 Å². The molecule has 3 aromatic rings. The van der Waals surface area contributed by atoms with Crippen molar-refractivity contribution < 1.29 is 9.85 Å². The van der Waals surface area contributed by atoms with Crippen molar-refractivity contribution in [1.29, 1.82) is 0 Å². The first-order valence-electron chi connectivity index (χ1n) is 9.42. The predicted octanol–water partition coefficient (Wildman–Crippen LogP) is 5.65. The highest BCUT2D eigenvalue weighted by Crippen LogP contribution is 2.29. The van der Waals surface area contributed by atoms with Crippen LogP contribution in [0.25, 0.3) is 6.08 Å². The van der Waals surface area contributed by atoms with Gasteiger partial charge in [0.15, 0.2) is 0 Å². The van der Waals surface area contributed by atoms with E-state index >= 15 is 0 Å². The van der Waals surface area contributed by atoms with Gasteiger partial charge in [-0.05, 0) is 37.1 Å². The molecule has 0 bridgehead atoms. The van der Waals surface area contributed by atoms with E-state index in [9.17, 15) is 20.2 Å². The Bertz CT molecular complexity index is 1190. The molecule has 8 heteroatoms. The Balaban J connectivity index is 1.98. The number of allylic oxidation sites excluding steroid dienone is 1. The molecule has 0 spiro atoms. The summed E-state index contributed by atoms with van der Waals surface area (Å²) >= 11 is 0. The van der Waals surface area contributed by atoms with Crippen molar-refractivity contribution in [3.8, 4) is 0 Å². The minimum Gasteiger partial charge on any atom is -0.271 e. The van der Waals surface area contributed by atoms with Crippen LogP contribution < -0.4 is 5.43 Å². The maximum atomic E-state index is 11.4. The third-order valence-electron chi connectivity index (χ3n) is 4.60. The second kappa shape index (κ2) is 9.45. The fourth-order valence-electron chi connectivity index (χ4n) is 2.99. The molecule has 0 saturated heterocycles. The zero-order valence-corrected chi connectivity index (χ0v) is 17.0. The van der Waals surface area contributed by atoms with Crippen LogP contribution in [0.3, 0.4) is 0 Å². The minimum absolute atomic E-state index is 0.0592. The number of non-ortho nitro benzene ring substituents is 1. The van der Waals surface area contributed by atoms with Crippen molar-refractivity contribution in [2.24, 2.45) is 5.10 Å². The van der Waals surface area contributed by atoms with E-state index in [1.807, 2.05) is 68.5 Å². The highest BCUT2D eigenvalue weighted by atomic mass is 16.6. The van der Waals surface area contributed by atoms with Gasteiger partial charge in [-0.2, -0.15) is 5.10 Å². The van der Waals surface area contributed by atoms with Crippen LogP contribution in [0.15, 0.2) is 77.9 Å². The maximum absolute atomic E-state index is 11.4. The lowest BCUT2D eigenvalue weighted by Gasteiger charge is -2.06. The molecule has 0 saturated carbocycles. The van der Waals surface area contributed by atoms with E-state index < -0.39 is 15.5 Å². The minimum atomic E-state index is -0.682. The zero-order chi connectivity index (χ0) is 22.4. The Morgan fingerprint density at radius 2 is 1.68 bits per heavy atom. The van der Waals surface area contributed by atoms with Gasteiger partial charge in [-0.15, -0.1) is 0 Å². The van der Waals surface area contributed by atoms with Gasteiger partial charge in [0.2, 0.25) is 0 Å². The van der Waals surface area contributed by atoms with Gasteiger partial charge in [0.25, 0.3) is 5.69 Å². The number of hydrogen-bond donors (Lipinski definition) is 1. The number of benzene rings is 3. The van der Waals surface area contributed by atoms with Gasteiger partial charge in [0.1, 0.15) is 5.69 Å². The molecule has 3 aromatic carbocycles. The number of hydrogen-bond acceptors (Lipinski definition) is 6. The van der Waals surface area contributed by atoms with E-state index in [0.717, 1.165) is 22.8 Å². The third-order valence-corrected chi connectivity index (χ3v) is 4.60. The molecule has 31 heavy (non-hydrogen) atoms. The Morgan fingerprint density at radius 3 is 2.32 bits per heavy atom. The average molecular weight is 416 g/mol. The van der Waals surface area contributed by atoms with E-state index in [1.54, 1.807) is 0 Å². The number of hydrazone groups is 1. The lowest BCUT2D eigenvalue weighted by molar-refractivity contribution is -0.393. The maximum Gasteiger partial charge on any atom is 0.301 e. The number of anilines is 1. The lowest BCUT2D eigenvalue weighted by atomic mass is 10.0. The van der Waals surface area contributed by atoms with Crippen LogP contribution in [0.2, 0.25) is 0 Å². The first kappa shape index (κ1) is 21.4. The highest BCUT2D eigenvalue weighted by Gasteiger charge is 2.19. The molecule has 156 valence electrons. The van der Waals surface area contributed by atoms with E-state index in [4.69, 9.17) is 0 Å². The number of nitro benzene ring substituents is 2. The molecule has 3 rings (SSSR count). The summed E-state index contributed by atoms with van der Waals surface area (Å²) in [5, 5.41) is 26.6. The van der Waals surface area contributed by atoms with Crippen LogP contribution in [0.5, 0.6) is 0 Å². The average Bonchev–Trinajstić information content (AvgIpc) is 2.75. The number of nitrogens with zero attached hydrogens (tertiary/aromatic N) is 3. The molecule has 8 nitrogen and oxygen atoms in total. The summed E-state index contributed by atoms with van der Waals surface area (Å²) in [6, 6.07) is 18.8. The molecule has 0 amide bonds. The number of nitrogens with one attached hydrogen (secondary N) is 1. The van der Waals surface area contributed by atoms with E-state index in [1.165, 1.54) is 17.7 Å². The number of nitro groups is 2. The van der Waals surface area contributed by atoms with Crippen molar-refractivity contribution in [2.75, 3.05) is 5.43 Å². The second-order valence-corrected chi connectivity index (χ2v) is 6.88.